The van der Waals surface area contributed by atoms with Gasteiger partial charge in [0.15, 0.2) is 0 Å². The summed E-state index contributed by atoms with van der Waals surface area (Å²) in [6, 6.07) is 0.414. The van der Waals surface area contributed by atoms with Gasteiger partial charge in [-0.25, -0.2) is 0 Å². The number of amides is 2. The number of primary amides is 1. The van der Waals surface area contributed by atoms with Gasteiger partial charge < -0.3 is 27.0 Å². The number of thiophene rings is 1. The molecule has 1 aliphatic heterocycles. The van der Waals surface area contributed by atoms with Crippen molar-refractivity contribution in [3.8, 4) is 0 Å². The molecule has 1 aromatic heterocycles. The molecule has 0 aromatic carbocycles. The fourth-order valence-corrected chi connectivity index (χ4v) is 3.62. The third kappa shape index (κ3) is 3.11. The van der Waals surface area contributed by atoms with Gasteiger partial charge in [0, 0.05) is 19.6 Å². The lowest BCUT2D eigenvalue weighted by Crippen LogP contribution is -2.31. The lowest BCUT2D eigenvalue weighted by molar-refractivity contribution is 0.0967. The van der Waals surface area contributed by atoms with Gasteiger partial charge in [0.05, 0.1) is 11.3 Å². The van der Waals surface area contributed by atoms with Crippen LogP contribution in [0, 0.1) is 0 Å². The first-order valence-electron chi connectivity index (χ1n) is 6.84. The van der Waals surface area contributed by atoms with Crippen molar-refractivity contribution in [1.29, 1.82) is 0 Å². The first-order valence-corrected chi connectivity index (χ1v) is 7.65. The summed E-state index contributed by atoms with van der Waals surface area (Å²) < 4.78 is 0. The summed E-state index contributed by atoms with van der Waals surface area (Å²) in [4.78, 5) is 25.9. The monoisotopic (exact) mass is 311 g/mol. The van der Waals surface area contributed by atoms with Crippen LogP contribution in [0.4, 0.5) is 10.7 Å². The number of nitrogens with zero attached hydrogens (tertiary/aromatic N) is 1. The van der Waals surface area contributed by atoms with Crippen LogP contribution in [0.1, 0.15) is 32.9 Å². The molecule has 1 unspecified atom stereocenters. The summed E-state index contributed by atoms with van der Waals surface area (Å²) in [7, 11) is 3.60. The Morgan fingerprint density at radius 2 is 2.19 bits per heavy atom. The normalized spacial score (nSPS) is 18.7. The maximum absolute atomic E-state index is 11.8. The van der Waals surface area contributed by atoms with E-state index in [1.165, 1.54) is 13.5 Å². The highest BCUT2D eigenvalue weighted by atomic mass is 32.1. The lowest BCUT2D eigenvalue weighted by Gasteiger charge is -2.20. The zero-order valence-electron chi connectivity index (χ0n) is 12.2. The van der Waals surface area contributed by atoms with Gasteiger partial charge in [0.1, 0.15) is 9.88 Å². The molecule has 0 bridgehead atoms. The van der Waals surface area contributed by atoms with Gasteiger partial charge in [0.2, 0.25) is 0 Å². The molecule has 21 heavy (non-hydrogen) atoms. The summed E-state index contributed by atoms with van der Waals surface area (Å²) in [6.45, 7) is 1.77. The number of anilines is 2. The fraction of sp³-hybridized carbons (Fsp3) is 0.538. The average molecular weight is 311 g/mol. The molecular weight excluding hydrogens is 290 g/mol. The molecule has 1 aromatic rings. The minimum Gasteiger partial charge on any atom is -0.397 e. The Hall–Kier alpha value is -1.80. The molecule has 7 nitrogen and oxygen atoms in total. The summed E-state index contributed by atoms with van der Waals surface area (Å²) in [5.74, 6) is -0.938. The summed E-state index contributed by atoms with van der Waals surface area (Å²) in [5, 5.41) is 6.30. The zero-order chi connectivity index (χ0) is 15.6. The highest BCUT2D eigenvalue weighted by molar-refractivity contribution is 7.19. The van der Waals surface area contributed by atoms with Gasteiger partial charge in [-0.15, -0.1) is 11.3 Å². The molecule has 1 atom stereocenters. The maximum Gasteiger partial charge on any atom is 0.263 e. The molecular formula is C13H21N5O2S. The van der Waals surface area contributed by atoms with Crippen molar-refractivity contribution in [2.45, 2.75) is 18.9 Å². The predicted molar refractivity (Wildman–Crippen MR) is 84.8 cm³/mol. The van der Waals surface area contributed by atoms with E-state index in [2.05, 4.69) is 22.6 Å². The van der Waals surface area contributed by atoms with Crippen molar-refractivity contribution in [3.63, 3.8) is 0 Å². The van der Waals surface area contributed by atoms with Crippen molar-refractivity contribution in [2.75, 3.05) is 38.2 Å². The second-order valence-corrected chi connectivity index (χ2v) is 6.17. The van der Waals surface area contributed by atoms with Gasteiger partial charge in [-0.1, -0.05) is 0 Å². The summed E-state index contributed by atoms with van der Waals surface area (Å²) >= 11 is 1.16. The molecule has 8 heteroatoms. The average Bonchev–Trinajstić information content (AvgIpc) is 2.99. The van der Waals surface area contributed by atoms with E-state index in [1.807, 2.05) is 0 Å². The van der Waals surface area contributed by atoms with Crippen LogP contribution in [0.15, 0.2) is 0 Å². The molecule has 2 amide bonds. The number of hydrogen-bond acceptors (Lipinski definition) is 6. The third-order valence-corrected chi connectivity index (χ3v) is 4.96. The molecule has 116 valence electrons. The molecule has 0 spiro atoms. The van der Waals surface area contributed by atoms with E-state index >= 15 is 0 Å². The Labute approximate surface area is 127 Å². The number of likely N-dealkylation sites (tertiary alicyclic amines) is 1. The molecule has 1 fully saturated rings. The number of hydrogen-bond donors (Lipinski definition) is 4. The van der Waals surface area contributed by atoms with Crippen molar-refractivity contribution < 1.29 is 9.59 Å². The molecule has 1 saturated heterocycles. The number of nitrogens with one attached hydrogen (secondary N) is 2. The van der Waals surface area contributed by atoms with Crippen LogP contribution in [0.2, 0.25) is 0 Å². The highest BCUT2D eigenvalue weighted by Crippen LogP contribution is 2.35. The lowest BCUT2D eigenvalue weighted by atomic mass is 10.2. The van der Waals surface area contributed by atoms with Gasteiger partial charge in [-0.3, -0.25) is 9.59 Å². The predicted octanol–water partition coefficient (Wildman–Crippen LogP) is 0.295. The quantitative estimate of drug-likeness (QED) is 0.624. The second-order valence-electron chi connectivity index (χ2n) is 5.15. The maximum atomic E-state index is 11.8. The van der Waals surface area contributed by atoms with Crippen LogP contribution in [0.5, 0.6) is 0 Å². The minimum absolute atomic E-state index is 0.147. The Kier molecular flexibility index (Phi) is 4.69. The number of likely N-dealkylation sites (N-methyl/N-ethyl adjacent to an activating group) is 1. The number of carbonyl (C=O) groups excluding carboxylic acids is 2. The third-order valence-electron chi connectivity index (χ3n) is 3.79. The van der Waals surface area contributed by atoms with Crippen LogP contribution >= 0.6 is 11.3 Å². The van der Waals surface area contributed by atoms with Gasteiger partial charge in [-0.05, 0) is 26.4 Å². The summed E-state index contributed by atoms with van der Waals surface area (Å²) in [5.41, 5.74) is 11.6. The molecule has 2 heterocycles. The topological polar surface area (TPSA) is 113 Å². The molecule has 0 saturated carbocycles. The Morgan fingerprint density at radius 3 is 2.71 bits per heavy atom. The van der Waals surface area contributed by atoms with Crippen LogP contribution in [-0.4, -0.2) is 49.9 Å². The van der Waals surface area contributed by atoms with E-state index in [0.717, 1.165) is 24.3 Å². The van der Waals surface area contributed by atoms with Gasteiger partial charge >= 0.3 is 0 Å². The van der Waals surface area contributed by atoms with E-state index in [1.54, 1.807) is 0 Å². The standard InChI is InChI=1S/C13H21N5O2S/c1-16-12(20)10-9(14)8(11(15)19)13(21-10)17-6-7-4-3-5-18(7)2/h7,17H,3-6,14H2,1-2H3,(H2,15,19)(H,16,20). The van der Waals surface area contributed by atoms with Crippen LogP contribution in [-0.2, 0) is 0 Å². The molecule has 6 N–H and O–H groups in total. The minimum atomic E-state index is -0.624. The number of rotatable bonds is 5. The van der Waals surface area contributed by atoms with Crippen molar-refractivity contribution in [3.05, 3.63) is 10.4 Å². The van der Waals surface area contributed by atoms with E-state index in [-0.39, 0.29) is 17.2 Å². The SMILES string of the molecule is CNC(=O)c1sc(NCC2CCCN2C)c(C(N)=O)c1N. The van der Waals surface area contributed by atoms with E-state index in [0.29, 0.717) is 22.5 Å². The van der Waals surface area contributed by atoms with Crippen molar-refractivity contribution in [1.82, 2.24) is 10.2 Å². The van der Waals surface area contributed by atoms with E-state index in [4.69, 9.17) is 11.5 Å². The van der Waals surface area contributed by atoms with Crippen LogP contribution in [0.25, 0.3) is 0 Å². The second kappa shape index (κ2) is 6.31. The Bertz CT molecular complexity index is 557. The molecule has 2 rings (SSSR count). The largest absolute Gasteiger partial charge is 0.397 e. The first-order chi connectivity index (χ1) is 9.95. The number of carbonyl (C=O) groups is 2. The van der Waals surface area contributed by atoms with Crippen LogP contribution in [0.3, 0.4) is 0 Å². The van der Waals surface area contributed by atoms with E-state index in [9.17, 15) is 9.59 Å². The van der Waals surface area contributed by atoms with Crippen LogP contribution < -0.4 is 22.1 Å². The van der Waals surface area contributed by atoms with Crippen molar-refractivity contribution in [2.24, 2.45) is 5.73 Å². The summed E-state index contributed by atoms with van der Waals surface area (Å²) in [6.07, 6.45) is 2.28. The highest BCUT2D eigenvalue weighted by Gasteiger charge is 2.25. The zero-order valence-corrected chi connectivity index (χ0v) is 13.0. The Balaban J connectivity index is 2.21. The fourth-order valence-electron chi connectivity index (χ4n) is 2.54. The Morgan fingerprint density at radius 1 is 1.48 bits per heavy atom. The molecule has 0 aliphatic carbocycles. The van der Waals surface area contributed by atoms with Crippen molar-refractivity contribution >= 4 is 33.8 Å². The molecule has 1 aliphatic rings. The number of nitrogens with two attached hydrogens (primary N) is 2. The van der Waals surface area contributed by atoms with Gasteiger partial charge in [-0.2, -0.15) is 0 Å². The smallest absolute Gasteiger partial charge is 0.263 e. The molecule has 0 radical (unpaired) electrons. The first kappa shape index (κ1) is 15.6. The number of nitrogen functional groups attached to an aromatic ring is 1. The van der Waals surface area contributed by atoms with E-state index < -0.39 is 5.91 Å². The van der Waals surface area contributed by atoms with Gasteiger partial charge in [0.25, 0.3) is 11.8 Å².